The van der Waals surface area contributed by atoms with Gasteiger partial charge in [0.05, 0.1) is 10.7 Å². The number of anilines is 1. The number of fused-ring (bicyclic) bond motifs is 1. The molecule has 0 aliphatic heterocycles. The quantitative estimate of drug-likeness (QED) is 0.641. The van der Waals surface area contributed by atoms with Crippen molar-refractivity contribution >= 4 is 34.2 Å². The van der Waals surface area contributed by atoms with Crippen molar-refractivity contribution in [3.8, 4) is 5.75 Å². The Labute approximate surface area is 159 Å². The Morgan fingerprint density at radius 3 is 2.70 bits per heavy atom. The van der Waals surface area contributed by atoms with Crippen LogP contribution in [0, 0.1) is 5.82 Å². The Kier molecular flexibility index (Phi) is 5.46. The van der Waals surface area contributed by atoms with Gasteiger partial charge >= 0.3 is 5.63 Å². The fourth-order valence-corrected chi connectivity index (χ4v) is 2.88. The highest BCUT2D eigenvalue weighted by Gasteiger charge is 2.11. The summed E-state index contributed by atoms with van der Waals surface area (Å²) in [6.45, 7) is 3.69. The maximum absolute atomic E-state index is 13.0. The lowest BCUT2D eigenvalue weighted by molar-refractivity contribution is -0.118. The van der Waals surface area contributed by atoms with Gasteiger partial charge in [-0.05, 0) is 41.8 Å². The molecule has 1 N–H and O–H groups in total. The zero-order valence-electron chi connectivity index (χ0n) is 14.7. The van der Waals surface area contributed by atoms with Crippen LogP contribution in [0.3, 0.4) is 0 Å². The molecule has 27 heavy (non-hydrogen) atoms. The number of nitrogens with one attached hydrogen (secondary N) is 1. The highest BCUT2D eigenvalue weighted by Crippen LogP contribution is 2.27. The van der Waals surface area contributed by atoms with Gasteiger partial charge in [0.25, 0.3) is 5.91 Å². The summed E-state index contributed by atoms with van der Waals surface area (Å²) < 4.78 is 23.7. The van der Waals surface area contributed by atoms with Crippen molar-refractivity contribution in [2.75, 3.05) is 11.9 Å². The Morgan fingerprint density at radius 1 is 1.22 bits per heavy atom. The third-order valence-electron chi connectivity index (χ3n) is 3.95. The molecule has 1 aromatic heterocycles. The molecular weight excluding hydrogens is 373 g/mol. The molecule has 0 bridgehead atoms. The number of hydrogen-bond donors (Lipinski definition) is 1. The molecule has 0 aliphatic carbocycles. The number of rotatable bonds is 5. The number of carbonyl (C=O) groups excluding carboxylic acids is 1. The smallest absolute Gasteiger partial charge is 0.336 e. The van der Waals surface area contributed by atoms with Crippen LogP contribution in [0.25, 0.3) is 11.0 Å². The fraction of sp³-hybridized carbons (Fsp3) is 0.200. The van der Waals surface area contributed by atoms with Crippen molar-refractivity contribution in [1.29, 1.82) is 0 Å². The van der Waals surface area contributed by atoms with E-state index in [-0.39, 0.29) is 23.2 Å². The fourth-order valence-electron chi connectivity index (χ4n) is 2.66. The molecular formula is C20H17ClFNO4. The molecule has 3 rings (SSSR count). The SMILES string of the molecule is CC(C)c1cc(=O)oc2cc(OCC(=O)Nc3ccc(F)cc3Cl)ccc12. The van der Waals surface area contributed by atoms with Gasteiger partial charge in [0.15, 0.2) is 6.61 Å². The van der Waals surface area contributed by atoms with E-state index < -0.39 is 17.3 Å². The zero-order chi connectivity index (χ0) is 19.6. The van der Waals surface area contributed by atoms with Gasteiger partial charge in [0.1, 0.15) is 17.1 Å². The minimum Gasteiger partial charge on any atom is -0.484 e. The maximum atomic E-state index is 13.0. The number of halogens is 2. The van der Waals surface area contributed by atoms with Gasteiger partial charge in [-0.15, -0.1) is 0 Å². The van der Waals surface area contributed by atoms with Crippen LogP contribution in [0.15, 0.2) is 51.7 Å². The van der Waals surface area contributed by atoms with Gasteiger partial charge in [-0.25, -0.2) is 9.18 Å². The van der Waals surface area contributed by atoms with Crippen molar-refractivity contribution in [2.45, 2.75) is 19.8 Å². The molecule has 1 amide bonds. The van der Waals surface area contributed by atoms with Gasteiger partial charge in [-0.1, -0.05) is 25.4 Å². The van der Waals surface area contributed by atoms with Gasteiger partial charge in [0, 0.05) is 17.5 Å². The van der Waals surface area contributed by atoms with Crippen LogP contribution in [0.5, 0.6) is 5.75 Å². The summed E-state index contributed by atoms with van der Waals surface area (Å²) in [5.74, 6) is -0.407. The minimum atomic E-state index is -0.493. The first-order chi connectivity index (χ1) is 12.8. The molecule has 0 aliphatic rings. The molecule has 140 valence electrons. The maximum Gasteiger partial charge on any atom is 0.336 e. The number of hydrogen-bond acceptors (Lipinski definition) is 4. The van der Waals surface area contributed by atoms with E-state index in [1.165, 1.54) is 18.2 Å². The van der Waals surface area contributed by atoms with Crippen LogP contribution < -0.4 is 15.7 Å². The third-order valence-corrected chi connectivity index (χ3v) is 4.26. The van der Waals surface area contributed by atoms with E-state index in [1.807, 2.05) is 13.8 Å². The molecule has 2 aromatic carbocycles. The Bertz CT molecular complexity index is 1060. The molecule has 0 saturated heterocycles. The Balaban J connectivity index is 1.73. The Morgan fingerprint density at radius 2 is 2.00 bits per heavy atom. The lowest BCUT2D eigenvalue weighted by Crippen LogP contribution is -2.20. The summed E-state index contributed by atoms with van der Waals surface area (Å²) in [5, 5.41) is 3.46. The zero-order valence-corrected chi connectivity index (χ0v) is 15.5. The standard InChI is InChI=1S/C20H17ClFNO4/c1-11(2)15-9-20(25)27-18-8-13(4-5-14(15)18)26-10-19(24)23-17-6-3-12(22)7-16(17)21/h3-9,11H,10H2,1-2H3,(H,23,24). The van der Waals surface area contributed by atoms with Crippen molar-refractivity contribution in [3.63, 3.8) is 0 Å². The average Bonchev–Trinajstić information content (AvgIpc) is 2.61. The van der Waals surface area contributed by atoms with Crippen LogP contribution >= 0.6 is 11.6 Å². The summed E-state index contributed by atoms with van der Waals surface area (Å²) >= 11 is 5.87. The van der Waals surface area contributed by atoms with Crippen molar-refractivity contribution in [3.05, 3.63) is 69.3 Å². The number of carbonyl (C=O) groups is 1. The van der Waals surface area contributed by atoms with Crippen LogP contribution in [-0.4, -0.2) is 12.5 Å². The summed E-state index contributed by atoms with van der Waals surface area (Å²) in [6.07, 6.45) is 0. The molecule has 0 radical (unpaired) electrons. The van der Waals surface area contributed by atoms with E-state index in [0.717, 1.165) is 17.0 Å². The third kappa shape index (κ3) is 4.46. The van der Waals surface area contributed by atoms with Crippen LogP contribution in [0.4, 0.5) is 10.1 Å². The molecule has 0 unspecified atom stereocenters. The summed E-state index contributed by atoms with van der Waals surface area (Å²) in [7, 11) is 0. The predicted molar refractivity (Wildman–Crippen MR) is 102 cm³/mol. The molecule has 3 aromatic rings. The van der Waals surface area contributed by atoms with E-state index in [9.17, 15) is 14.0 Å². The number of amides is 1. The number of ether oxygens (including phenoxy) is 1. The van der Waals surface area contributed by atoms with E-state index >= 15 is 0 Å². The lowest BCUT2D eigenvalue weighted by atomic mass is 10.00. The van der Waals surface area contributed by atoms with Gasteiger partial charge in [0.2, 0.25) is 0 Å². The van der Waals surface area contributed by atoms with Crippen molar-refractivity contribution in [2.24, 2.45) is 0 Å². The molecule has 5 nitrogen and oxygen atoms in total. The average molecular weight is 390 g/mol. The molecule has 0 atom stereocenters. The predicted octanol–water partition coefficient (Wildman–Crippen LogP) is 4.73. The Hall–Kier alpha value is -2.86. The van der Waals surface area contributed by atoms with Crippen molar-refractivity contribution < 1.29 is 18.3 Å². The molecule has 0 fully saturated rings. The molecule has 1 heterocycles. The number of benzene rings is 2. The first kappa shape index (κ1) is 18.9. The first-order valence-electron chi connectivity index (χ1n) is 8.29. The second-order valence-corrected chi connectivity index (χ2v) is 6.70. The van der Waals surface area contributed by atoms with E-state index in [0.29, 0.717) is 11.3 Å². The first-order valence-corrected chi connectivity index (χ1v) is 8.67. The molecule has 0 spiro atoms. The topological polar surface area (TPSA) is 68.5 Å². The van der Waals surface area contributed by atoms with Crippen LogP contribution in [-0.2, 0) is 4.79 Å². The van der Waals surface area contributed by atoms with E-state index in [2.05, 4.69) is 5.32 Å². The summed E-state index contributed by atoms with van der Waals surface area (Å²) in [5.41, 5.74) is 1.13. The highest BCUT2D eigenvalue weighted by atomic mass is 35.5. The van der Waals surface area contributed by atoms with Gasteiger partial charge in [-0.2, -0.15) is 0 Å². The summed E-state index contributed by atoms with van der Waals surface area (Å²) in [6, 6.07) is 10.2. The van der Waals surface area contributed by atoms with Gasteiger partial charge in [-0.3, -0.25) is 4.79 Å². The second kappa shape index (κ2) is 7.80. The molecule has 0 saturated carbocycles. The van der Waals surface area contributed by atoms with Crippen LogP contribution in [0.1, 0.15) is 25.3 Å². The monoisotopic (exact) mass is 389 g/mol. The highest BCUT2D eigenvalue weighted by molar-refractivity contribution is 6.33. The van der Waals surface area contributed by atoms with Crippen molar-refractivity contribution in [1.82, 2.24) is 0 Å². The van der Waals surface area contributed by atoms with E-state index in [1.54, 1.807) is 18.2 Å². The molecule has 7 heteroatoms. The lowest BCUT2D eigenvalue weighted by Gasteiger charge is -2.11. The minimum absolute atomic E-state index is 0.0945. The van der Waals surface area contributed by atoms with Crippen LogP contribution in [0.2, 0.25) is 5.02 Å². The summed E-state index contributed by atoms with van der Waals surface area (Å²) in [4.78, 5) is 23.8. The second-order valence-electron chi connectivity index (χ2n) is 6.29. The largest absolute Gasteiger partial charge is 0.484 e. The normalized spacial score (nSPS) is 11.0. The van der Waals surface area contributed by atoms with Gasteiger partial charge < -0.3 is 14.5 Å². The van der Waals surface area contributed by atoms with E-state index in [4.69, 9.17) is 20.8 Å².